The van der Waals surface area contributed by atoms with E-state index in [1.807, 2.05) is 54.8 Å². The molecule has 0 heterocycles. The Morgan fingerprint density at radius 2 is 1.80 bits per heavy atom. The zero-order valence-corrected chi connectivity index (χ0v) is 12.5. The van der Waals surface area contributed by atoms with Crippen molar-refractivity contribution in [3.05, 3.63) is 59.7 Å². The largest absolute Gasteiger partial charge is 0.398 e. The van der Waals surface area contributed by atoms with Gasteiger partial charge in [-0.1, -0.05) is 30.3 Å². The Balaban J connectivity index is 2.19. The smallest absolute Gasteiger partial charge is 0.255 e. The van der Waals surface area contributed by atoms with Crippen molar-refractivity contribution >= 4 is 23.4 Å². The molecule has 0 aromatic heterocycles. The number of carbonyl (C=O) groups is 1. The summed E-state index contributed by atoms with van der Waals surface area (Å²) in [6, 6.07) is 15.3. The van der Waals surface area contributed by atoms with E-state index in [2.05, 4.69) is 0 Å². The van der Waals surface area contributed by atoms with Gasteiger partial charge in [0.15, 0.2) is 0 Å². The van der Waals surface area contributed by atoms with Crippen LogP contribution in [0.4, 0.5) is 5.69 Å². The predicted molar refractivity (Wildman–Crippen MR) is 84.9 cm³/mol. The second-order valence-corrected chi connectivity index (χ2v) is 5.41. The molecule has 3 nitrogen and oxygen atoms in total. The second kappa shape index (κ2) is 6.48. The van der Waals surface area contributed by atoms with E-state index in [9.17, 15) is 4.79 Å². The van der Waals surface area contributed by atoms with Gasteiger partial charge in [0, 0.05) is 24.2 Å². The van der Waals surface area contributed by atoms with Crippen molar-refractivity contribution in [1.82, 2.24) is 4.90 Å². The third-order valence-corrected chi connectivity index (χ3v) is 3.94. The fraction of sp³-hybridized carbons (Fsp3) is 0.188. The first-order valence-electron chi connectivity index (χ1n) is 6.35. The maximum atomic E-state index is 12.5. The summed E-state index contributed by atoms with van der Waals surface area (Å²) < 4.78 is 0. The Labute approximate surface area is 123 Å². The quantitative estimate of drug-likeness (QED) is 0.693. The standard InChI is InChI=1S/C16H18N2OS/c1-18(11-12-7-3-5-9-14(12)17)16(19)13-8-4-6-10-15(13)20-2/h3-10H,11,17H2,1-2H3. The average molecular weight is 286 g/mol. The highest BCUT2D eigenvalue weighted by Crippen LogP contribution is 2.22. The zero-order chi connectivity index (χ0) is 14.5. The number of anilines is 1. The van der Waals surface area contributed by atoms with Gasteiger partial charge in [-0.15, -0.1) is 11.8 Å². The van der Waals surface area contributed by atoms with Crippen LogP contribution in [-0.4, -0.2) is 24.1 Å². The average Bonchev–Trinajstić information content (AvgIpc) is 2.48. The lowest BCUT2D eigenvalue weighted by Gasteiger charge is -2.19. The third kappa shape index (κ3) is 3.14. The molecular formula is C16H18N2OS. The monoisotopic (exact) mass is 286 g/mol. The van der Waals surface area contributed by atoms with E-state index in [-0.39, 0.29) is 5.91 Å². The number of hydrogen-bond donors (Lipinski definition) is 1. The Morgan fingerprint density at radius 1 is 1.15 bits per heavy atom. The Kier molecular flexibility index (Phi) is 4.69. The van der Waals surface area contributed by atoms with E-state index in [4.69, 9.17) is 5.73 Å². The number of rotatable bonds is 4. The number of para-hydroxylation sites is 1. The number of nitrogen functional groups attached to an aromatic ring is 1. The van der Waals surface area contributed by atoms with Gasteiger partial charge in [-0.05, 0) is 30.0 Å². The Morgan fingerprint density at radius 3 is 2.50 bits per heavy atom. The van der Waals surface area contributed by atoms with Crippen LogP contribution < -0.4 is 5.73 Å². The van der Waals surface area contributed by atoms with Crippen molar-refractivity contribution in [2.75, 3.05) is 19.0 Å². The van der Waals surface area contributed by atoms with Crippen LogP contribution in [0.5, 0.6) is 0 Å². The molecule has 0 spiro atoms. The molecule has 0 aliphatic carbocycles. The van der Waals surface area contributed by atoms with Gasteiger partial charge in [-0.3, -0.25) is 4.79 Å². The topological polar surface area (TPSA) is 46.3 Å². The summed E-state index contributed by atoms with van der Waals surface area (Å²) in [5, 5.41) is 0. The van der Waals surface area contributed by atoms with E-state index < -0.39 is 0 Å². The van der Waals surface area contributed by atoms with Gasteiger partial charge in [0.05, 0.1) is 5.56 Å². The number of carbonyl (C=O) groups excluding carboxylic acids is 1. The van der Waals surface area contributed by atoms with E-state index in [1.165, 1.54) is 0 Å². The molecule has 0 unspecified atom stereocenters. The maximum Gasteiger partial charge on any atom is 0.255 e. The molecule has 0 fully saturated rings. The molecule has 4 heteroatoms. The summed E-state index contributed by atoms with van der Waals surface area (Å²) >= 11 is 1.58. The molecule has 20 heavy (non-hydrogen) atoms. The summed E-state index contributed by atoms with van der Waals surface area (Å²) in [5.74, 6) is 0.0122. The highest BCUT2D eigenvalue weighted by atomic mass is 32.2. The highest BCUT2D eigenvalue weighted by molar-refractivity contribution is 7.98. The lowest BCUT2D eigenvalue weighted by molar-refractivity contribution is 0.0782. The number of benzene rings is 2. The number of amides is 1. The Bertz CT molecular complexity index is 613. The SMILES string of the molecule is CSc1ccccc1C(=O)N(C)Cc1ccccc1N. The van der Waals surface area contributed by atoms with Crippen LogP contribution in [0.3, 0.4) is 0 Å². The van der Waals surface area contributed by atoms with Gasteiger partial charge in [0.25, 0.3) is 5.91 Å². The first kappa shape index (κ1) is 14.5. The summed E-state index contributed by atoms with van der Waals surface area (Å²) in [4.78, 5) is 15.2. The Hall–Kier alpha value is -1.94. The number of thioether (sulfide) groups is 1. The van der Waals surface area contributed by atoms with Gasteiger partial charge in [-0.25, -0.2) is 0 Å². The summed E-state index contributed by atoms with van der Waals surface area (Å²) in [5.41, 5.74) is 8.33. The predicted octanol–water partition coefficient (Wildman–Crippen LogP) is 3.26. The normalized spacial score (nSPS) is 10.3. The lowest BCUT2D eigenvalue weighted by atomic mass is 10.1. The van der Waals surface area contributed by atoms with Crippen LogP contribution in [0, 0.1) is 0 Å². The molecule has 0 radical (unpaired) electrons. The molecule has 1 amide bonds. The van der Waals surface area contributed by atoms with Gasteiger partial charge >= 0.3 is 0 Å². The fourth-order valence-corrected chi connectivity index (χ4v) is 2.62. The minimum Gasteiger partial charge on any atom is -0.398 e. The van der Waals surface area contributed by atoms with Crippen molar-refractivity contribution in [3.63, 3.8) is 0 Å². The van der Waals surface area contributed by atoms with Crippen LogP contribution in [0.1, 0.15) is 15.9 Å². The first-order valence-corrected chi connectivity index (χ1v) is 7.58. The molecule has 2 rings (SSSR count). The lowest BCUT2D eigenvalue weighted by Crippen LogP contribution is -2.27. The van der Waals surface area contributed by atoms with E-state index in [0.29, 0.717) is 12.2 Å². The maximum absolute atomic E-state index is 12.5. The van der Waals surface area contributed by atoms with Crippen LogP contribution >= 0.6 is 11.8 Å². The molecule has 0 saturated heterocycles. The van der Waals surface area contributed by atoms with Gasteiger partial charge in [0.2, 0.25) is 0 Å². The van der Waals surface area contributed by atoms with Gasteiger partial charge in [0.1, 0.15) is 0 Å². The van der Waals surface area contributed by atoms with Crippen LogP contribution in [-0.2, 0) is 6.54 Å². The van der Waals surface area contributed by atoms with Crippen molar-refractivity contribution in [1.29, 1.82) is 0 Å². The van der Waals surface area contributed by atoms with Gasteiger partial charge < -0.3 is 10.6 Å². The molecule has 0 bridgehead atoms. The number of nitrogens with zero attached hydrogens (tertiary/aromatic N) is 1. The molecule has 0 atom stereocenters. The van der Waals surface area contributed by atoms with E-state index in [1.54, 1.807) is 23.7 Å². The molecule has 2 aromatic rings. The zero-order valence-electron chi connectivity index (χ0n) is 11.7. The molecule has 0 saturated carbocycles. The van der Waals surface area contributed by atoms with Crippen molar-refractivity contribution in [3.8, 4) is 0 Å². The third-order valence-electron chi connectivity index (χ3n) is 3.15. The minimum atomic E-state index is 0.0122. The molecule has 104 valence electrons. The molecule has 0 aliphatic heterocycles. The molecule has 2 N–H and O–H groups in total. The second-order valence-electron chi connectivity index (χ2n) is 4.56. The van der Waals surface area contributed by atoms with Gasteiger partial charge in [-0.2, -0.15) is 0 Å². The van der Waals surface area contributed by atoms with E-state index >= 15 is 0 Å². The minimum absolute atomic E-state index is 0.0122. The van der Waals surface area contributed by atoms with Crippen molar-refractivity contribution < 1.29 is 4.79 Å². The molecule has 2 aromatic carbocycles. The molecule has 0 aliphatic rings. The number of nitrogens with two attached hydrogens (primary N) is 1. The summed E-state index contributed by atoms with van der Waals surface area (Å²) in [6.07, 6.45) is 1.97. The molecular weight excluding hydrogens is 268 g/mol. The van der Waals surface area contributed by atoms with E-state index in [0.717, 1.165) is 16.0 Å². The summed E-state index contributed by atoms with van der Waals surface area (Å²) in [6.45, 7) is 0.508. The van der Waals surface area contributed by atoms with Crippen molar-refractivity contribution in [2.24, 2.45) is 0 Å². The fourth-order valence-electron chi connectivity index (χ4n) is 2.03. The number of hydrogen-bond acceptors (Lipinski definition) is 3. The van der Waals surface area contributed by atoms with Crippen LogP contribution in [0.15, 0.2) is 53.4 Å². The summed E-state index contributed by atoms with van der Waals surface area (Å²) in [7, 11) is 1.80. The van der Waals surface area contributed by atoms with Crippen LogP contribution in [0.2, 0.25) is 0 Å². The first-order chi connectivity index (χ1) is 9.63. The van der Waals surface area contributed by atoms with Crippen molar-refractivity contribution in [2.45, 2.75) is 11.4 Å². The highest BCUT2D eigenvalue weighted by Gasteiger charge is 2.15. The van der Waals surface area contributed by atoms with Crippen LogP contribution in [0.25, 0.3) is 0 Å².